The number of hydrogen-bond acceptors (Lipinski definition) is 7. The lowest BCUT2D eigenvalue weighted by Gasteiger charge is -2.43. The minimum absolute atomic E-state index is 0.0148. The highest BCUT2D eigenvalue weighted by atomic mass is 35.5. The number of hydrogen-bond donors (Lipinski definition) is 2. The summed E-state index contributed by atoms with van der Waals surface area (Å²) in [5.41, 5.74) is 2.76. The summed E-state index contributed by atoms with van der Waals surface area (Å²) in [7, 11) is -1.76. The summed E-state index contributed by atoms with van der Waals surface area (Å²) >= 11 is 6.47. The maximum absolute atomic E-state index is 14.5. The van der Waals surface area contributed by atoms with Crippen molar-refractivity contribution in [2.24, 2.45) is 22.1 Å². The summed E-state index contributed by atoms with van der Waals surface area (Å²) in [6.07, 6.45) is 11.0. The first-order valence-electron chi connectivity index (χ1n) is 18.0. The van der Waals surface area contributed by atoms with E-state index in [2.05, 4.69) is 43.6 Å². The van der Waals surface area contributed by atoms with Crippen molar-refractivity contribution >= 4 is 39.1 Å². The Morgan fingerprint density at radius 1 is 1.14 bits per heavy atom. The van der Waals surface area contributed by atoms with Crippen LogP contribution in [0, 0.1) is 17.8 Å². The van der Waals surface area contributed by atoms with Gasteiger partial charge in [0.15, 0.2) is 0 Å². The number of carbonyl (C=O) groups is 2. The van der Waals surface area contributed by atoms with Gasteiger partial charge in [0.05, 0.1) is 41.9 Å². The van der Waals surface area contributed by atoms with Crippen LogP contribution in [0.3, 0.4) is 0 Å². The van der Waals surface area contributed by atoms with Crippen molar-refractivity contribution in [1.82, 2.24) is 10.0 Å². The molecule has 4 aliphatic heterocycles. The molecule has 10 nitrogen and oxygen atoms in total. The lowest BCUT2D eigenvalue weighted by molar-refractivity contribution is 0.0133. The molecule has 2 aromatic rings. The van der Waals surface area contributed by atoms with Gasteiger partial charge in [-0.2, -0.15) is 0 Å². The third-order valence-corrected chi connectivity index (χ3v) is 13.4. The van der Waals surface area contributed by atoms with Crippen LogP contribution in [0.15, 0.2) is 52.9 Å². The fourth-order valence-corrected chi connectivity index (χ4v) is 10.6. The van der Waals surface area contributed by atoms with Gasteiger partial charge in [-0.05, 0) is 105 Å². The second kappa shape index (κ2) is 14.1. The number of benzene rings is 2. The van der Waals surface area contributed by atoms with Gasteiger partial charge in [0.1, 0.15) is 15.7 Å². The Morgan fingerprint density at radius 3 is 2.72 bits per heavy atom. The minimum atomic E-state index is -3.51. The standard InChI is InChI=1S/C38H49ClN4O6S/c1-25-7-6-9-33(47-3)31-14-11-29(31)20-43-19-28-10-13-30(39)17-26(28)8-4-5-16-48-34-15-12-27(18-32(34)43)35(44)41-50(46,21-25)42-36(45)40-38-22-37(2,23-38)49-24-38/h6,9-10,12-13,15,17-18,25,29,31,33H,4-5,7-8,11,14,16,19-24H2,1-3H3,(H2,40,41,42,44,45,46)/b9-6+/t25-,29-,31+,33-,37?,38?,50?/m0/s1. The number of carbonyl (C=O) groups excluding carboxylic acids is 2. The molecule has 0 aromatic heterocycles. The van der Waals surface area contributed by atoms with Gasteiger partial charge in [0, 0.05) is 43.6 Å². The molecule has 270 valence electrons. The smallest absolute Gasteiger partial charge is 0.327 e. The van der Waals surface area contributed by atoms with Crippen LogP contribution in [0.4, 0.5) is 10.5 Å². The Hall–Kier alpha value is -3.12. The molecule has 3 amide bonds. The van der Waals surface area contributed by atoms with Crippen LogP contribution in [0.1, 0.15) is 80.3 Å². The SMILES string of the molecule is CO[C@H]1/C=C/C[C@H](C)CS(=O)(NC(=O)NC23COC(C)(C2)C3)=NC(=O)c2ccc3c(c2)N(Cc2ccc(Cl)cc2CCCCO3)C[C@@H]2CC[C@H]21. The van der Waals surface area contributed by atoms with Crippen molar-refractivity contribution in [2.45, 2.75) is 89.0 Å². The van der Waals surface area contributed by atoms with E-state index in [-0.39, 0.29) is 28.9 Å². The van der Waals surface area contributed by atoms with Gasteiger partial charge < -0.3 is 24.4 Å². The highest BCUT2D eigenvalue weighted by molar-refractivity contribution is 7.92. The summed E-state index contributed by atoms with van der Waals surface area (Å²) in [5, 5.41) is 3.70. The second-order valence-corrected chi connectivity index (χ2v) is 17.8. The number of anilines is 1. The molecule has 0 radical (unpaired) electrons. The number of methoxy groups -OCH3 is 1. The summed E-state index contributed by atoms with van der Waals surface area (Å²) in [6, 6.07) is 10.8. The van der Waals surface area contributed by atoms with Crippen LogP contribution in [-0.2, 0) is 32.4 Å². The van der Waals surface area contributed by atoms with E-state index in [4.69, 9.17) is 25.8 Å². The monoisotopic (exact) mass is 724 g/mol. The van der Waals surface area contributed by atoms with Crippen molar-refractivity contribution in [2.75, 3.05) is 37.5 Å². The minimum Gasteiger partial charge on any atom is -0.491 e. The van der Waals surface area contributed by atoms with E-state index >= 15 is 0 Å². The van der Waals surface area contributed by atoms with Gasteiger partial charge in [-0.3, -0.25) is 9.52 Å². The summed E-state index contributed by atoms with van der Waals surface area (Å²) in [6.45, 7) is 6.27. The third-order valence-electron chi connectivity index (χ3n) is 11.2. The number of nitrogens with one attached hydrogen (secondary N) is 2. The quantitative estimate of drug-likeness (QED) is 0.333. The lowest BCUT2D eigenvalue weighted by Crippen LogP contribution is -2.61. The van der Waals surface area contributed by atoms with E-state index in [0.717, 1.165) is 44.3 Å². The molecule has 0 spiro atoms. The zero-order valence-electron chi connectivity index (χ0n) is 29.3. The molecule has 12 heteroatoms. The number of nitrogens with zero attached hydrogens (tertiary/aromatic N) is 2. The lowest BCUT2D eigenvalue weighted by atomic mass is 9.69. The third kappa shape index (κ3) is 7.56. The average Bonchev–Trinajstić information content (AvgIpc) is 3.52. The van der Waals surface area contributed by atoms with Gasteiger partial charge in [-0.1, -0.05) is 36.7 Å². The number of aryl methyl sites for hydroxylation is 1. The van der Waals surface area contributed by atoms with Crippen molar-refractivity contribution < 1.29 is 28.0 Å². The normalized spacial score (nSPS) is 34.6. The highest BCUT2D eigenvalue weighted by Gasteiger charge is 2.60. The van der Waals surface area contributed by atoms with E-state index in [0.29, 0.717) is 61.6 Å². The molecule has 50 heavy (non-hydrogen) atoms. The number of rotatable bonds is 3. The van der Waals surface area contributed by atoms with Gasteiger partial charge in [-0.15, -0.1) is 4.36 Å². The van der Waals surface area contributed by atoms with Gasteiger partial charge in [0.25, 0.3) is 5.91 Å². The number of fused-ring (bicyclic) bond motifs is 4. The number of halogens is 1. The van der Waals surface area contributed by atoms with Crippen molar-refractivity contribution in [3.05, 3.63) is 70.3 Å². The molecule has 5 atom stereocenters. The summed E-state index contributed by atoms with van der Waals surface area (Å²) < 4.78 is 39.7. The van der Waals surface area contributed by atoms with Gasteiger partial charge in [-0.25, -0.2) is 9.00 Å². The fraction of sp³-hybridized carbons (Fsp3) is 0.579. The Kier molecular flexibility index (Phi) is 9.97. The molecule has 2 saturated carbocycles. The van der Waals surface area contributed by atoms with Crippen LogP contribution in [0.5, 0.6) is 5.75 Å². The molecule has 4 heterocycles. The highest BCUT2D eigenvalue weighted by Crippen LogP contribution is 2.51. The molecule has 2 N–H and O–H groups in total. The molecule has 1 unspecified atom stereocenters. The number of amides is 3. The Balaban J connectivity index is 1.27. The number of ether oxygens (including phenoxy) is 3. The maximum Gasteiger partial charge on any atom is 0.327 e. The first-order chi connectivity index (χ1) is 23.9. The maximum atomic E-state index is 14.5. The van der Waals surface area contributed by atoms with E-state index < -0.39 is 27.4 Å². The van der Waals surface area contributed by atoms with Crippen LogP contribution >= 0.6 is 11.6 Å². The van der Waals surface area contributed by atoms with E-state index in [1.165, 1.54) is 11.1 Å². The summed E-state index contributed by atoms with van der Waals surface area (Å²) in [5.74, 6) is 0.621. The number of urea groups is 1. The molecule has 8 rings (SSSR count). The Morgan fingerprint density at radius 2 is 1.98 bits per heavy atom. The molecule has 6 aliphatic rings. The Bertz CT molecular complexity index is 1780. The van der Waals surface area contributed by atoms with Crippen LogP contribution in [-0.4, -0.2) is 66.0 Å². The fourth-order valence-electron chi connectivity index (χ4n) is 8.61. The van der Waals surface area contributed by atoms with Crippen molar-refractivity contribution in [3.63, 3.8) is 0 Å². The number of allylic oxidation sites excluding steroid dienone is 1. The van der Waals surface area contributed by atoms with Gasteiger partial charge in [0.2, 0.25) is 0 Å². The predicted molar refractivity (Wildman–Crippen MR) is 195 cm³/mol. The molecular weight excluding hydrogens is 676 g/mol. The van der Waals surface area contributed by atoms with Crippen LogP contribution in [0.2, 0.25) is 5.02 Å². The molecule has 2 saturated heterocycles. The van der Waals surface area contributed by atoms with E-state index in [1.807, 2.05) is 32.0 Å². The largest absolute Gasteiger partial charge is 0.491 e. The zero-order valence-corrected chi connectivity index (χ0v) is 30.8. The second-order valence-electron chi connectivity index (χ2n) is 15.4. The van der Waals surface area contributed by atoms with E-state index in [9.17, 15) is 13.8 Å². The molecular formula is C38H49ClN4O6S. The topological polar surface area (TPSA) is 119 Å². The molecule has 2 aromatic carbocycles. The predicted octanol–water partition coefficient (Wildman–Crippen LogP) is 6.84. The van der Waals surface area contributed by atoms with Crippen molar-refractivity contribution in [3.8, 4) is 5.75 Å². The van der Waals surface area contributed by atoms with E-state index in [1.54, 1.807) is 13.2 Å². The first-order valence-corrected chi connectivity index (χ1v) is 20.0. The molecule has 4 fully saturated rings. The summed E-state index contributed by atoms with van der Waals surface area (Å²) in [4.78, 5) is 29.6. The van der Waals surface area contributed by atoms with Crippen molar-refractivity contribution in [1.29, 1.82) is 0 Å². The van der Waals surface area contributed by atoms with Crippen LogP contribution in [0.25, 0.3) is 0 Å². The van der Waals surface area contributed by atoms with Crippen LogP contribution < -0.4 is 19.7 Å². The first kappa shape index (κ1) is 35.3. The molecule has 2 aliphatic carbocycles. The zero-order chi connectivity index (χ0) is 35.1. The van der Waals surface area contributed by atoms with Gasteiger partial charge >= 0.3 is 6.03 Å². The molecule has 4 bridgehead atoms. The Labute approximate surface area is 300 Å². The average molecular weight is 725 g/mol.